The van der Waals surface area contributed by atoms with Crippen LogP contribution in [0.25, 0.3) is 0 Å². The topological polar surface area (TPSA) is 38.0 Å². The molecule has 1 aromatic rings. The summed E-state index contributed by atoms with van der Waals surface area (Å²) in [4.78, 5) is 0. The molecule has 2 rings (SSSR count). The molecule has 1 aliphatic carbocycles. The molecule has 0 amide bonds. The summed E-state index contributed by atoms with van der Waals surface area (Å²) in [5, 5.41) is 14.4. The number of aromatic nitrogens is 2. The summed E-state index contributed by atoms with van der Waals surface area (Å²) in [6.07, 6.45) is 7.68. The zero-order valence-electron chi connectivity index (χ0n) is 10.5. The molecule has 1 aromatic heterocycles. The highest BCUT2D eigenvalue weighted by molar-refractivity contribution is 7.99. The standard InChI is InChI=1S/C13H22N2OS/c1-2-17-10-13(16)9-11-7-8-15(14-11)12-5-3-4-6-12/h7-8,12-13,16H,2-6,9-10H2,1H3. The first kappa shape index (κ1) is 13.0. The smallest absolute Gasteiger partial charge is 0.0686 e. The van der Waals surface area contributed by atoms with Gasteiger partial charge in [-0.1, -0.05) is 19.8 Å². The van der Waals surface area contributed by atoms with E-state index < -0.39 is 0 Å². The van der Waals surface area contributed by atoms with Crippen LogP contribution in [0.5, 0.6) is 0 Å². The molecular weight excluding hydrogens is 232 g/mol. The lowest BCUT2D eigenvalue weighted by atomic mass is 10.2. The first-order valence-corrected chi connectivity index (χ1v) is 7.75. The number of nitrogens with zero attached hydrogens (tertiary/aromatic N) is 2. The molecule has 1 unspecified atom stereocenters. The van der Waals surface area contributed by atoms with Gasteiger partial charge in [-0.3, -0.25) is 4.68 Å². The molecule has 3 nitrogen and oxygen atoms in total. The molecule has 0 spiro atoms. The minimum Gasteiger partial charge on any atom is -0.392 e. The van der Waals surface area contributed by atoms with Crippen molar-refractivity contribution < 1.29 is 5.11 Å². The van der Waals surface area contributed by atoms with E-state index in [-0.39, 0.29) is 6.10 Å². The largest absolute Gasteiger partial charge is 0.392 e. The lowest BCUT2D eigenvalue weighted by Crippen LogP contribution is -2.15. The van der Waals surface area contributed by atoms with Gasteiger partial charge in [-0.25, -0.2) is 0 Å². The molecule has 1 atom stereocenters. The van der Waals surface area contributed by atoms with Crippen LogP contribution >= 0.6 is 11.8 Å². The summed E-state index contributed by atoms with van der Waals surface area (Å²) < 4.78 is 2.10. The number of hydrogen-bond acceptors (Lipinski definition) is 3. The second-order valence-electron chi connectivity index (χ2n) is 4.74. The highest BCUT2D eigenvalue weighted by Gasteiger charge is 2.18. The fourth-order valence-corrected chi connectivity index (χ4v) is 3.04. The van der Waals surface area contributed by atoms with Crippen LogP contribution in [-0.2, 0) is 6.42 Å². The lowest BCUT2D eigenvalue weighted by Gasteiger charge is -2.10. The van der Waals surface area contributed by atoms with Crippen molar-refractivity contribution in [2.75, 3.05) is 11.5 Å². The predicted molar refractivity (Wildman–Crippen MR) is 72.4 cm³/mol. The second kappa shape index (κ2) is 6.45. The zero-order valence-corrected chi connectivity index (χ0v) is 11.3. The molecule has 0 saturated heterocycles. The second-order valence-corrected chi connectivity index (χ2v) is 6.06. The fraction of sp³-hybridized carbons (Fsp3) is 0.769. The summed E-state index contributed by atoms with van der Waals surface area (Å²) in [6.45, 7) is 2.12. The highest BCUT2D eigenvalue weighted by atomic mass is 32.2. The van der Waals surface area contributed by atoms with Gasteiger partial charge in [0, 0.05) is 18.4 Å². The molecule has 0 aromatic carbocycles. The van der Waals surface area contributed by atoms with E-state index in [0.717, 1.165) is 17.2 Å². The normalized spacial score (nSPS) is 18.7. The van der Waals surface area contributed by atoms with E-state index in [9.17, 15) is 5.11 Å². The summed E-state index contributed by atoms with van der Waals surface area (Å²) >= 11 is 1.78. The van der Waals surface area contributed by atoms with Crippen molar-refractivity contribution >= 4 is 11.8 Å². The Morgan fingerprint density at radius 1 is 1.53 bits per heavy atom. The van der Waals surface area contributed by atoms with Crippen molar-refractivity contribution in [3.8, 4) is 0 Å². The maximum absolute atomic E-state index is 9.84. The minimum absolute atomic E-state index is 0.258. The van der Waals surface area contributed by atoms with E-state index in [0.29, 0.717) is 12.5 Å². The molecule has 1 saturated carbocycles. The SMILES string of the molecule is CCSCC(O)Cc1ccn(C2CCCC2)n1. The number of thioether (sulfide) groups is 1. The van der Waals surface area contributed by atoms with Crippen molar-refractivity contribution in [2.45, 2.75) is 51.2 Å². The van der Waals surface area contributed by atoms with Gasteiger partial charge in [0.2, 0.25) is 0 Å². The highest BCUT2D eigenvalue weighted by Crippen LogP contribution is 2.28. The third kappa shape index (κ3) is 3.75. The first-order valence-electron chi connectivity index (χ1n) is 6.59. The van der Waals surface area contributed by atoms with Crippen molar-refractivity contribution in [3.63, 3.8) is 0 Å². The van der Waals surface area contributed by atoms with E-state index in [2.05, 4.69) is 29.0 Å². The van der Waals surface area contributed by atoms with Gasteiger partial charge in [0.25, 0.3) is 0 Å². The Morgan fingerprint density at radius 2 is 2.29 bits per heavy atom. The van der Waals surface area contributed by atoms with Crippen LogP contribution in [0.2, 0.25) is 0 Å². The molecular formula is C13H22N2OS. The van der Waals surface area contributed by atoms with Gasteiger partial charge >= 0.3 is 0 Å². The molecule has 17 heavy (non-hydrogen) atoms. The van der Waals surface area contributed by atoms with E-state index in [1.807, 2.05) is 0 Å². The molecule has 1 N–H and O–H groups in total. The Balaban J connectivity index is 1.84. The molecule has 1 fully saturated rings. The predicted octanol–water partition coefficient (Wildman–Crippen LogP) is 2.65. The Morgan fingerprint density at radius 3 is 3.00 bits per heavy atom. The third-order valence-electron chi connectivity index (χ3n) is 3.32. The van der Waals surface area contributed by atoms with Crippen LogP contribution in [0.1, 0.15) is 44.3 Å². The van der Waals surface area contributed by atoms with Crippen molar-refractivity contribution in [1.29, 1.82) is 0 Å². The molecule has 0 aliphatic heterocycles. The molecule has 1 heterocycles. The molecule has 0 bridgehead atoms. The van der Waals surface area contributed by atoms with Crippen LogP contribution in [-0.4, -0.2) is 32.5 Å². The maximum Gasteiger partial charge on any atom is 0.0686 e. The van der Waals surface area contributed by atoms with Gasteiger partial charge in [-0.15, -0.1) is 0 Å². The van der Waals surface area contributed by atoms with Gasteiger partial charge in [-0.2, -0.15) is 16.9 Å². The Bertz CT molecular complexity index is 334. The van der Waals surface area contributed by atoms with Crippen molar-refractivity contribution in [3.05, 3.63) is 18.0 Å². The van der Waals surface area contributed by atoms with E-state index in [4.69, 9.17) is 0 Å². The van der Waals surface area contributed by atoms with Gasteiger partial charge in [-0.05, 0) is 24.7 Å². The van der Waals surface area contributed by atoms with Crippen LogP contribution in [0, 0.1) is 0 Å². The van der Waals surface area contributed by atoms with E-state index >= 15 is 0 Å². The van der Waals surface area contributed by atoms with Crippen LogP contribution in [0.4, 0.5) is 0 Å². The molecule has 1 aliphatic rings. The zero-order chi connectivity index (χ0) is 12.1. The van der Waals surface area contributed by atoms with Crippen LogP contribution < -0.4 is 0 Å². The Kier molecular flexibility index (Phi) is 4.92. The van der Waals surface area contributed by atoms with Gasteiger partial charge in [0.05, 0.1) is 17.8 Å². The van der Waals surface area contributed by atoms with Crippen LogP contribution in [0.3, 0.4) is 0 Å². The third-order valence-corrected chi connectivity index (χ3v) is 4.35. The average molecular weight is 254 g/mol. The summed E-state index contributed by atoms with van der Waals surface area (Å²) in [7, 11) is 0. The molecule has 96 valence electrons. The van der Waals surface area contributed by atoms with Crippen molar-refractivity contribution in [2.24, 2.45) is 0 Å². The van der Waals surface area contributed by atoms with Gasteiger partial charge in [0.1, 0.15) is 0 Å². The fourth-order valence-electron chi connectivity index (χ4n) is 2.41. The first-order chi connectivity index (χ1) is 8.29. The minimum atomic E-state index is -0.258. The Labute approximate surface area is 108 Å². The Hall–Kier alpha value is -0.480. The molecule has 0 radical (unpaired) electrons. The summed E-state index contributed by atoms with van der Waals surface area (Å²) in [5.41, 5.74) is 1.03. The monoisotopic (exact) mass is 254 g/mol. The number of aliphatic hydroxyl groups is 1. The van der Waals surface area contributed by atoms with Gasteiger partial charge in [0.15, 0.2) is 0 Å². The van der Waals surface area contributed by atoms with E-state index in [1.165, 1.54) is 25.7 Å². The quantitative estimate of drug-likeness (QED) is 0.848. The van der Waals surface area contributed by atoms with Crippen molar-refractivity contribution in [1.82, 2.24) is 9.78 Å². The van der Waals surface area contributed by atoms with Crippen LogP contribution in [0.15, 0.2) is 12.3 Å². The maximum atomic E-state index is 9.84. The molecule has 4 heteroatoms. The number of rotatable bonds is 6. The number of aliphatic hydroxyl groups excluding tert-OH is 1. The summed E-state index contributed by atoms with van der Waals surface area (Å²) in [6, 6.07) is 2.66. The van der Waals surface area contributed by atoms with E-state index in [1.54, 1.807) is 11.8 Å². The summed E-state index contributed by atoms with van der Waals surface area (Å²) in [5.74, 6) is 1.88. The van der Waals surface area contributed by atoms with Gasteiger partial charge < -0.3 is 5.11 Å². The average Bonchev–Trinajstić information content (AvgIpc) is 2.95. The number of hydrogen-bond donors (Lipinski definition) is 1. The lowest BCUT2D eigenvalue weighted by molar-refractivity contribution is 0.198.